The summed E-state index contributed by atoms with van der Waals surface area (Å²) < 4.78 is 4.24. The number of aryl methyl sites for hydroxylation is 2. The first-order valence-electron chi connectivity index (χ1n) is 9.49. The van der Waals surface area contributed by atoms with Gasteiger partial charge < -0.3 is 0 Å². The number of rotatable bonds is 1. The molecule has 0 bridgehead atoms. The fourth-order valence-electron chi connectivity index (χ4n) is 4.36. The van der Waals surface area contributed by atoms with E-state index in [1.165, 1.54) is 27.9 Å². The molecule has 0 saturated heterocycles. The SMILES string of the molecule is Cc1cccc2c1-c1c(cnc(-c3nccc[n+]3C)[n+]1C)C(C)(C)C2(C)C. The first kappa shape index (κ1) is 17.8. The van der Waals surface area contributed by atoms with E-state index >= 15 is 0 Å². The molecule has 2 heterocycles. The summed E-state index contributed by atoms with van der Waals surface area (Å²) in [6.45, 7) is 11.6. The number of aromatic nitrogens is 4. The maximum atomic E-state index is 4.87. The van der Waals surface area contributed by atoms with Crippen LogP contribution in [0.3, 0.4) is 0 Å². The van der Waals surface area contributed by atoms with Crippen molar-refractivity contribution in [1.82, 2.24) is 9.97 Å². The van der Waals surface area contributed by atoms with Gasteiger partial charge in [-0.3, -0.25) is 0 Å². The zero-order valence-corrected chi connectivity index (χ0v) is 17.3. The van der Waals surface area contributed by atoms with Crippen molar-refractivity contribution in [3.05, 3.63) is 59.5 Å². The Hall–Kier alpha value is -2.62. The smallest absolute Gasteiger partial charge is 0.226 e. The van der Waals surface area contributed by atoms with Gasteiger partial charge in [0.2, 0.25) is 0 Å². The van der Waals surface area contributed by atoms with Crippen molar-refractivity contribution >= 4 is 0 Å². The number of benzene rings is 1. The van der Waals surface area contributed by atoms with E-state index in [-0.39, 0.29) is 10.8 Å². The van der Waals surface area contributed by atoms with Crippen LogP contribution in [0.5, 0.6) is 0 Å². The molecule has 0 radical (unpaired) electrons. The van der Waals surface area contributed by atoms with Crippen LogP contribution in [-0.2, 0) is 24.9 Å². The van der Waals surface area contributed by atoms with Crippen LogP contribution in [0.2, 0.25) is 0 Å². The summed E-state index contributed by atoms with van der Waals surface area (Å²) in [7, 11) is 4.12. The van der Waals surface area contributed by atoms with Crippen molar-refractivity contribution < 1.29 is 9.13 Å². The van der Waals surface area contributed by atoms with E-state index < -0.39 is 0 Å². The zero-order valence-electron chi connectivity index (χ0n) is 17.3. The molecule has 138 valence electrons. The highest BCUT2D eigenvalue weighted by Crippen LogP contribution is 2.53. The van der Waals surface area contributed by atoms with Crippen LogP contribution in [0.15, 0.2) is 42.9 Å². The third-order valence-corrected chi connectivity index (χ3v) is 6.77. The molecular formula is C23H28N4+2. The Bertz CT molecular complexity index is 1060. The summed E-state index contributed by atoms with van der Waals surface area (Å²) in [5, 5.41) is 0. The predicted octanol–water partition coefficient (Wildman–Crippen LogP) is 3.34. The molecule has 0 saturated carbocycles. The maximum absolute atomic E-state index is 4.87. The molecule has 1 aromatic carbocycles. The molecule has 0 spiro atoms. The van der Waals surface area contributed by atoms with Crippen molar-refractivity contribution in [2.45, 2.75) is 45.4 Å². The molecule has 0 unspecified atom stereocenters. The topological polar surface area (TPSA) is 33.5 Å². The first-order valence-corrected chi connectivity index (χ1v) is 9.49. The van der Waals surface area contributed by atoms with E-state index in [4.69, 9.17) is 4.98 Å². The van der Waals surface area contributed by atoms with Gasteiger partial charge in [0.1, 0.15) is 18.1 Å². The number of fused-ring (bicyclic) bond motifs is 3. The molecule has 2 aromatic heterocycles. The lowest BCUT2D eigenvalue weighted by atomic mass is 9.56. The summed E-state index contributed by atoms with van der Waals surface area (Å²) in [5.74, 6) is 1.74. The van der Waals surface area contributed by atoms with Gasteiger partial charge in [-0.2, -0.15) is 0 Å². The van der Waals surface area contributed by atoms with Crippen molar-refractivity contribution in [2.75, 3.05) is 0 Å². The molecule has 0 fully saturated rings. The largest absolute Gasteiger partial charge is 0.418 e. The third-order valence-electron chi connectivity index (χ3n) is 6.77. The van der Waals surface area contributed by atoms with Crippen LogP contribution >= 0.6 is 0 Å². The highest BCUT2D eigenvalue weighted by molar-refractivity contribution is 5.75. The molecule has 1 aliphatic carbocycles. The van der Waals surface area contributed by atoms with Gasteiger partial charge in [0.05, 0.1) is 20.3 Å². The minimum absolute atomic E-state index is 0.00716. The maximum Gasteiger partial charge on any atom is 0.418 e. The van der Waals surface area contributed by atoms with Gasteiger partial charge in [0.15, 0.2) is 0 Å². The van der Waals surface area contributed by atoms with Gasteiger partial charge in [-0.1, -0.05) is 45.9 Å². The highest BCUT2D eigenvalue weighted by atomic mass is 15.1. The van der Waals surface area contributed by atoms with Crippen LogP contribution in [0.25, 0.3) is 22.9 Å². The van der Waals surface area contributed by atoms with E-state index in [0.29, 0.717) is 0 Å². The van der Waals surface area contributed by atoms with Crippen LogP contribution in [0, 0.1) is 6.92 Å². The summed E-state index contributed by atoms with van der Waals surface area (Å²) in [6.07, 6.45) is 5.90. The summed E-state index contributed by atoms with van der Waals surface area (Å²) in [6, 6.07) is 8.61. The normalized spacial score (nSPS) is 16.6. The Morgan fingerprint density at radius 1 is 0.852 bits per heavy atom. The Morgan fingerprint density at radius 3 is 2.26 bits per heavy atom. The molecule has 0 atom stereocenters. The van der Waals surface area contributed by atoms with Gasteiger partial charge >= 0.3 is 11.6 Å². The Labute approximate surface area is 161 Å². The second-order valence-corrected chi connectivity index (χ2v) is 8.70. The summed E-state index contributed by atoms with van der Waals surface area (Å²) in [5.41, 5.74) is 6.55. The van der Waals surface area contributed by atoms with Crippen molar-refractivity contribution in [3.8, 4) is 22.9 Å². The molecule has 27 heavy (non-hydrogen) atoms. The first-order chi connectivity index (χ1) is 12.7. The Kier molecular flexibility index (Phi) is 3.74. The van der Waals surface area contributed by atoms with Gasteiger partial charge in [-0.15, -0.1) is 0 Å². The Morgan fingerprint density at radius 2 is 1.56 bits per heavy atom. The lowest BCUT2D eigenvalue weighted by Crippen LogP contribution is -2.50. The van der Waals surface area contributed by atoms with Crippen LogP contribution in [-0.4, -0.2) is 9.97 Å². The molecule has 4 rings (SSSR count). The van der Waals surface area contributed by atoms with E-state index in [2.05, 4.69) is 75.6 Å². The van der Waals surface area contributed by atoms with E-state index in [1.807, 2.05) is 30.1 Å². The van der Waals surface area contributed by atoms with Gasteiger partial charge in [-0.25, -0.2) is 9.13 Å². The van der Waals surface area contributed by atoms with E-state index in [0.717, 1.165) is 11.6 Å². The molecule has 3 aromatic rings. The van der Waals surface area contributed by atoms with Crippen LogP contribution in [0.1, 0.15) is 44.4 Å². The highest BCUT2D eigenvalue weighted by Gasteiger charge is 2.50. The Balaban J connectivity index is 2.12. The third kappa shape index (κ3) is 2.29. The number of nitrogens with zero attached hydrogens (tertiary/aromatic N) is 4. The van der Waals surface area contributed by atoms with Gasteiger partial charge in [0, 0.05) is 22.6 Å². The van der Waals surface area contributed by atoms with Crippen LogP contribution in [0.4, 0.5) is 0 Å². The number of hydrogen-bond donors (Lipinski definition) is 0. The van der Waals surface area contributed by atoms with Crippen molar-refractivity contribution in [2.24, 2.45) is 14.1 Å². The fraction of sp³-hybridized carbons (Fsp3) is 0.391. The standard InChI is InChI=1S/C23H28N4/c1-15-10-8-11-16-18(15)19-17(23(4,5)22(16,2)3)14-25-21(27(19)7)20-24-12-9-13-26(20)6/h8-14H,1-7H3/q+2. The van der Waals surface area contributed by atoms with Crippen LogP contribution < -0.4 is 9.13 Å². The monoisotopic (exact) mass is 360 g/mol. The van der Waals surface area contributed by atoms with Crippen molar-refractivity contribution in [1.29, 1.82) is 0 Å². The molecule has 0 N–H and O–H groups in total. The van der Waals surface area contributed by atoms with E-state index in [9.17, 15) is 0 Å². The predicted molar refractivity (Wildman–Crippen MR) is 106 cm³/mol. The number of hydrogen-bond acceptors (Lipinski definition) is 2. The minimum atomic E-state index is -0.0429. The quantitative estimate of drug-likeness (QED) is 0.624. The molecule has 4 nitrogen and oxygen atoms in total. The van der Waals surface area contributed by atoms with Crippen molar-refractivity contribution in [3.63, 3.8) is 0 Å². The van der Waals surface area contributed by atoms with Gasteiger partial charge in [0.25, 0.3) is 0 Å². The second kappa shape index (κ2) is 5.69. The zero-order chi connectivity index (χ0) is 19.6. The van der Waals surface area contributed by atoms with Gasteiger partial charge in [-0.05, 0) is 33.4 Å². The average Bonchev–Trinajstić information content (AvgIpc) is 2.61. The molecule has 1 aliphatic rings. The average molecular weight is 361 g/mol. The molecule has 4 heteroatoms. The lowest BCUT2D eigenvalue weighted by Gasteiger charge is -2.47. The molecular weight excluding hydrogens is 332 g/mol. The summed E-state index contributed by atoms with van der Waals surface area (Å²) in [4.78, 5) is 9.45. The fourth-order valence-corrected chi connectivity index (χ4v) is 4.36. The minimum Gasteiger partial charge on any atom is -0.226 e. The van der Waals surface area contributed by atoms with E-state index in [1.54, 1.807) is 0 Å². The second-order valence-electron chi connectivity index (χ2n) is 8.70. The summed E-state index contributed by atoms with van der Waals surface area (Å²) >= 11 is 0. The molecule has 0 aliphatic heterocycles. The molecule has 0 amide bonds. The lowest BCUT2D eigenvalue weighted by molar-refractivity contribution is -0.689.